The zero-order chi connectivity index (χ0) is 12.3. The molecule has 1 nitrogen and oxygen atoms in total. The van der Waals surface area contributed by atoms with Crippen LogP contribution in [0.15, 0.2) is 40.2 Å². The van der Waals surface area contributed by atoms with Crippen molar-refractivity contribution >= 4 is 27.3 Å². The van der Waals surface area contributed by atoms with Gasteiger partial charge in [0.15, 0.2) is 0 Å². The van der Waals surface area contributed by atoms with E-state index in [0.717, 1.165) is 16.5 Å². The molecular formula is C13H13BrFNS. The zero-order valence-electron chi connectivity index (χ0n) is 9.20. The molecule has 17 heavy (non-hydrogen) atoms. The predicted molar refractivity (Wildman–Crippen MR) is 73.8 cm³/mol. The highest BCUT2D eigenvalue weighted by Crippen LogP contribution is 2.20. The standard InChI is InChI=1S/C13H13BrFNS/c14-13-4-3-10(15)6-9(13)7-11(16)8-12-2-1-5-17-12/h1-6,11H,7-8,16H2. The van der Waals surface area contributed by atoms with Crippen molar-refractivity contribution in [2.75, 3.05) is 0 Å². The van der Waals surface area contributed by atoms with Crippen molar-refractivity contribution in [3.63, 3.8) is 0 Å². The van der Waals surface area contributed by atoms with Crippen LogP contribution in [0.4, 0.5) is 4.39 Å². The van der Waals surface area contributed by atoms with Crippen LogP contribution in [0.3, 0.4) is 0 Å². The Balaban J connectivity index is 2.02. The lowest BCUT2D eigenvalue weighted by molar-refractivity contribution is 0.618. The Hall–Kier alpha value is -0.710. The molecule has 0 aliphatic rings. The first-order chi connectivity index (χ1) is 8.15. The van der Waals surface area contributed by atoms with Gasteiger partial charge in [0.05, 0.1) is 0 Å². The average Bonchev–Trinajstić information content (AvgIpc) is 2.76. The van der Waals surface area contributed by atoms with Crippen molar-refractivity contribution in [1.82, 2.24) is 0 Å². The van der Waals surface area contributed by atoms with E-state index in [1.165, 1.54) is 10.9 Å². The molecule has 0 saturated carbocycles. The van der Waals surface area contributed by atoms with Gasteiger partial charge in [-0.2, -0.15) is 0 Å². The van der Waals surface area contributed by atoms with Gasteiger partial charge in [-0.05, 0) is 48.1 Å². The van der Waals surface area contributed by atoms with Crippen LogP contribution in [0.1, 0.15) is 10.4 Å². The Kier molecular flexibility index (Phi) is 4.31. The molecule has 1 unspecified atom stereocenters. The molecule has 0 radical (unpaired) electrons. The minimum Gasteiger partial charge on any atom is -0.327 e. The third-order valence-electron chi connectivity index (χ3n) is 2.53. The summed E-state index contributed by atoms with van der Waals surface area (Å²) in [5.41, 5.74) is 7.00. The smallest absolute Gasteiger partial charge is 0.123 e. The maximum absolute atomic E-state index is 13.1. The first-order valence-corrected chi connectivity index (χ1v) is 7.04. The van der Waals surface area contributed by atoms with E-state index in [2.05, 4.69) is 22.0 Å². The lowest BCUT2D eigenvalue weighted by Crippen LogP contribution is -2.25. The second-order valence-electron chi connectivity index (χ2n) is 3.98. The average molecular weight is 314 g/mol. The Morgan fingerprint density at radius 3 is 2.82 bits per heavy atom. The molecule has 0 saturated heterocycles. The molecule has 1 atom stereocenters. The van der Waals surface area contributed by atoms with Crippen LogP contribution < -0.4 is 5.73 Å². The quantitative estimate of drug-likeness (QED) is 0.913. The topological polar surface area (TPSA) is 26.0 Å². The van der Waals surface area contributed by atoms with Crippen LogP contribution in [-0.2, 0) is 12.8 Å². The maximum Gasteiger partial charge on any atom is 0.123 e. The van der Waals surface area contributed by atoms with E-state index in [-0.39, 0.29) is 11.9 Å². The van der Waals surface area contributed by atoms with E-state index < -0.39 is 0 Å². The fraction of sp³-hybridized carbons (Fsp3) is 0.231. The molecule has 1 aromatic heterocycles. The SMILES string of the molecule is NC(Cc1cccs1)Cc1cc(F)ccc1Br. The van der Waals surface area contributed by atoms with Crippen molar-refractivity contribution < 1.29 is 4.39 Å². The maximum atomic E-state index is 13.1. The summed E-state index contributed by atoms with van der Waals surface area (Å²) in [6, 6.07) is 8.82. The van der Waals surface area contributed by atoms with Crippen LogP contribution >= 0.6 is 27.3 Å². The lowest BCUT2D eigenvalue weighted by atomic mass is 10.0. The van der Waals surface area contributed by atoms with Gasteiger partial charge < -0.3 is 5.73 Å². The molecule has 0 spiro atoms. The molecule has 1 heterocycles. The van der Waals surface area contributed by atoms with Crippen LogP contribution in [-0.4, -0.2) is 6.04 Å². The lowest BCUT2D eigenvalue weighted by Gasteiger charge is -2.12. The first kappa shape index (κ1) is 12.7. The van der Waals surface area contributed by atoms with E-state index in [1.54, 1.807) is 23.5 Å². The van der Waals surface area contributed by atoms with Gasteiger partial charge in [0.1, 0.15) is 5.82 Å². The number of hydrogen-bond donors (Lipinski definition) is 1. The third-order valence-corrected chi connectivity index (χ3v) is 4.21. The van der Waals surface area contributed by atoms with E-state index in [9.17, 15) is 4.39 Å². The Bertz CT molecular complexity index is 484. The largest absolute Gasteiger partial charge is 0.327 e. The molecule has 90 valence electrons. The van der Waals surface area contributed by atoms with Gasteiger partial charge in [0, 0.05) is 15.4 Å². The summed E-state index contributed by atoms with van der Waals surface area (Å²) in [6.07, 6.45) is 1.51. The summed E-state index contributed by atoms with van der Waals surface area (Å²) in [6.45, 7) is 0. The van der Waals surface area contributed by atoms with Crippen LogP contribution in [0, 0.1) is 5.82 Å². The fourth-order valence-corrected chi connectivity index (χ4v) is 2.95. The number of benzene rings is 1. The van der Waals surface area contributed by atoms with Gasteiger partial charge in [-0.1, -0.05) is 22.0 Å². The van der Waals surface area contributed by atoms with Crippen molar-refractivity contribution in [1.29, 1.82) is 0 Å². The fourth-order valence-electron chi connectivity index (χ4n) is 1.74. The molecule has 4 heteroatoms. The van der Waals surface area contributed by atoms with E-state index in [4.69, 9.17) is 5.73 Å². The second kappa shape index (κ2) is 5.76. The van der Waals surface area contributed by atoms with Crippen molar-refractivity contribution in [3.05, 3.63) is 56.4 Å². The summed E-state index contributed by atoms with van der Waals surface area (Å²) in [4.78, 5) is 1.27. The number of hydrogen-bond acceptors (Lipinski definition) is 2. The van der Waals surface area contributed by atoms with Gasteiger partial charge in [0.2, 0.25) is 0 Å². The molecule has 0 fully saturated rings. The summed E-state index contributed by atoms with van der Waals surface area (Å²) >= 11 is 5.12. The van der Waals surface area contributed by atoms with Gasteiger partial charge in [0.25, 0.3) is 0 Å². The van der Waals surface area contributed by atoms with Gasteiger partial charge in [-0.15, -0.1) is 11.3 Å². The van der Waals surface area contributed by atoms with E-state index in [1.807, 2.05) is 11.4 Å². The number of thiophene rings is 1. The monoisotopic (exact) mass is 313 g/mol. The summed E-state index contributed by atoms with van der Waals surface area (Å²) in [5, 5.41) is 2.04. The minimum absolute atomic E-state index is 0.0201. The molecular weight excluding hydrogens is 301 g/mol. The highest BCUT2D eigenvalue weighted by Gasteiger charge is 2.09. The minimum atomic E-state index is -0.216. The van der Waals surface area contributed by atoms with Crippen molar-refractivity contribution in [2.24, 2.45) is 5.73 Å². The van der Waals surface area contributed by atoms with Crippen LogP contribution in [0.2, 0.25) is 0 Å². The van der Waals surface area contributed by atoms with Gasteiger partial charge in [-0.3, -0.25) is 0 Å². The molecule has 2 aromatic rings. The predicted octanol–water partition coefficient (Wildman–Crippen LogP) is 3.76. The molecule has 0 aliphatic carbocycles. The van der Waals surface area contributed by atoms with Crippen LogP contribution in [0.25, 0.3) is 0 Å². The Morgan fingerprint density at radius 1 is 1.29 bits per heavy atom. The molecule has 1 aromatic carbocycles. The molecule has 0 bridgehead atoms. The molecule has 2 rings (SSSR count). The van der Waals surface area contributed by atoms with Gasteiger partial charge in [-0.25, -0.2) is 4.39 Å². The first-order valence-electron chi connectivity index (χ1n) is 5.37. The van der Waals surface area contributed by atoms with Gasteiger partial charge >= 0.3 is 0 Å². The number of halogens is 2. The summed E-state index contributed by atoms with van der Waals surface area (Å²) in [5.74, 6) is -0.216. The van der Waals surface area contributed by atoms with Crippen molar-refractivity contribution in [2.45, 2.75) is 18.9 Å². The summed E-state index contributed by atoms with van der Waals surface area (Å²) < 4.78 is 14.0. The Morgan fingerprint density at radius 2 is 2.12 bits per heavy atom. The number of rotatable bonds is 4. The second-order valence-corrected chi connectivity index (χ2v) is 5.87. The molecule has 2 N–H and O–H groups in total. The van der Waals surface area contributed by atoms with E-state index >= 15 is 0 Å². The van der Waals surface area contributed by atoms with Crippen molar-refractivity contribution in [3.8, 4) is 0 Å². The zero-order valence-corrected chi connectivity index (χ0v) is 11.6. The number of nitrogens with two attached hydrogens (primary N) is 1. The highest BCUT2D eigenvalue weighted by molar-refractivity contribution is 9.10. The Labute approximate surface area is 113 Å². The third kappa shape index (κ3) is 3.63. The highest BCUT2D eigenvalue weighted by atomic mass is 79.9. The molecule has 0 amide bonds. The molecule has 0 aliphatic heterocycles. The summed E-state index contributed by atoms with van der Waals surface area (Å²) in [7, 11) is 0. The van der Waals surface area contributed by atoms with Crippen LogP contribution in [0.5, 0.6) is 0 Å². The normalized spacial score (nSPS) is 12.6. The van der Waals surface area contributed by atoms with E-state index in [0.29, 0.717) is 6.42 Å².